The summed E-state index contributed by atoms with van der Waals surface area (Å²) < 4.78 is 0. The molecule has 0 saturated heterocycles. The van der Waals surface area contributed by atoms with Gasteiger partial charge in [0.1, 0.15) is 18.0 Å². The summed E-state index contributed by atoms with van der Waals surface area (Å²) in [6.07, 6.45) is 6.28. The number of aromatic nitrogens is 2. The Labute approximate surface area is 130 Å². The minimum Gasteiger partial charge on any atom is -0.370 e. The number of nitrogens with one attached hydrogen (secondary N) is 1. The number of rotatable bonds is 10. The SMILES string of the molecule is CCCc1c(NCC)ncnc1N(CC)CC(CC)CC. The first kappa shape index (κ1) is 17.7. The summed E-state index contributed by atoms with van der Waals surface area (Å²) in [4.78, 5) is 11.5. The van der Waals surface area contributed by atoms with E-state index in [1.807, 2.05) is 0 Å². The van der Waals surface area contributed by atoms with Crippen LogP contribution in [0.4, 0.5) is 11.6 Å². The highest BCUT2D eigenvalue weighted by atomic mass is 15.2. The average molecular weight is 292 g/mol. The van der Waals surface area contributed by atoms with Gasteiger partial charge in [-0.25, -0.2) is 9.97 Å². The zero-order valence-electron chi connectivity index (χ0n) is 14.4. The molecule has 0 aliphatic carbocycles. The van der Waals surface area contributed by atoms with Gasteiger partial charge in [-0.05, 0) is 26.2 Å². The van der Waals surface area contributed by atoms with Gasteiger partial charge in [-0.1, -0.05) is 40.0 Å². The Morgan fingerprint density at radius 2 is 1.81 bits per heavy atom. The summed E-state index contributed by atoms with van der Waals surface area (Å²) in [7, 11) is 0. The molecule has 4 heteroatoms. The molecule has 0 aromatic carbocycles. The van der Waals surface area contributed by atoms with E-state index in [-0.39, 0.29) is 0 Å². The van der Waals surface area contributed by atoms with Crippen molar-refractivity contribution >= 4 is 11.6 Å². The van der Waals surface area contributed by atoms with E-state index in [1.54, 1.807) is 6.33 Å². The summed E-state index contributed by atoms with van der Waals surface area (Å²) >= 11 is 0. The predicted octanol–water partition coefficient (Wildman–Crippen LogP) is 4.12. The Hall–Kier alpha value is -1.32. The van der Waals surface area contributed by atoms with Gasteiger partial charge in [0.05, 0.1) is 0 Å². The van der Waals surface area contributed by atoms with E-state index in [0.29, 0.717) is 0 Å². The molecule has 1 aromatic rings. The van der Waals surface area contributed by atoms with E-state index in [2.05, 4.69) is 54.8 Å². The third-order valence-electron chi connectivity index (χ3n) is 4.08. The first-order valence-electron chi connectivity index (χ1n) is 8.54. The van der Waals surface area contributed by atoms with Crippen LogP contribution in [0.2, 0.25) is 0 Å². The maximum atomic E-state index is 4.61. The molecule has 0 saturated carbocycles. The van der Waals surface area contributed by atoms with Gasteiger partial charge in [0.25, 0.3) is 0 Å². The normalized spacial score (nSPS) is 11.0. The lowest BCUT2D eigenvalue weighted by molar-refractivity contribution is 0.483. The van der Waals surface area contributed by atoms with Crippen LogP contribution >= 0.6 is 0 Å². The Kier molecular flexibility index (Phi) is 8.09. The Morgan fingerprint density at radius 3 is 2.33 bits per heavy atom. The van der Waals surface area contributed by atoms with Crippen LogP contribution in [0.3, 0.4) is 0 Å². The maximum absolute atomic E-state index is 4.61. The van der Waals surface area contributed by atoms with Gasteiger partial charge in [-0.2, -0.15) is 0 Å². The Morgan fingerprint density at radius 1 is 1.10 bits per heavy atom. The monoisotopic (exact) mass is 292 g/mol. The lowest BCUT2D eigenvalue weighted by atomic mass is 10.0. The second-order valence-electron chi connectivity index (χ2n) is 5.53. The number of hydrogen-bond acceptors (Lipinski definition) is 4. The van der Waals surface area contributed by atoms with Crippen molar-refractivity contribution in [3.8, 4) is 0 Å². The summed E-state index contributed by atoms with van der Waals surface area (Å²) in [6.45, 7) is 14.1. The smallest absolute Gasteiger partial charge is 0.137 e. The highest BCUT2D eigenvalue weighted by Crippen LogP contribution is 2.26. The van der Waals surface area contributed by atoms with Gasteiger partial charge >= 0.3 is 0 Å². The molecular weight excluding hydrogens is 260 g/mol. The lowest BCUT2D eigenvalue weighted by Gasteiger charge is -2.28. The fourth-order valence-corrected chi connectivity index (χ4v) is 2.70. The van der Waals surface area contributed by atoms with E-state index in [0.717, 1.165) is 50.0 Å². The average Bonchev–Trinajstić information content (AvgIpc) is 2.51. The quantitative estimate of drug-likeness (QED) is 0.704. The van der Waals surface area contributed by atoms with Crippen molar-refractivity contribution in [1.29, 1.82) is 0 Å². The molecule has 0 aliphatic heterocycles. The highest BCUT2D eigenvalue weighted by Gasteiger charge is 2.17. The van der Waals surface area contributed by atoms with Crippen LogP contribution in [0, 0.1) is 5.92 Å². The van der Waals surface area contributed by atoms with Gasteiger partial charge in [0, 0.05) is 25.2 Å². The maximum Gasteiger partial charge on any atom is 0.137 e. The van der Waals surface area contributed by atoms with Crippen molar-refractivity contribution in [2.24, 2.45) is 5.92 Å². The molecule has 1 N–H and O–H groups in total. The summed E-state index contributed by atoms with van der Waals surface area (Å²) in [5.74, 6) is 2.86. The van der Waals surface area contributed by atoms with Gasteiger partial charge in [-0.15, -0.1) is 0 Å². The number of anilines is 2. The molecule has 0 bridgehead atoms. The minimum atomic E-state index is 0.733. The molecule has 0 atom stereocenters. The standard InChI is InChI=1S/C17H32N4/c1-6-11-15-16(18-9-4)19-13-20-17(15)21(10-5)12-14(7-2)8-3/h13-14H,6-12H2,1-5H3,(H,18,19,20). The summed E-state index contributed by atoms with van der Waals surface area (Å²) in [6, 6.07) is 0. The molecule has 0 amide bonds. The van der Waals surface area contributed by atoms with Crippen molar-refractivity contribution in [3.05, 3.63) is 11.9 Å². The van der Waals surface area contributed by atoms with Gasteiger partial charge in [0.2, 0.25) is 0 Å². The zero-order chi connectivity index (χ0) is 15.7. The van der Waals surface area contributed by atoms with Crippen LogP contribution < -0.4 is 10.2 Å². The van der Waals surface area contributed by atoms with Gasteiger partial charge in [-0.3, -0.25) is 0 Å². The van der Waals surface area contributed by atoms with Crippen LogP contribution in [-0.4, -0.2) is 29.6 Å². The molecule has 1 aromatic heterocycles. The fourth-order valence-electron chi connectivity index (χ4n) is 2.70. The molecule has 1 rings (SSSR count). The van der Waals surface area contributed by atoms with Gasteiger partial charge in [0.15, 0.2) is 0 Å². The molecular formula is C17H32N4. The third kappa shape index (κ3) is 4.87. The highest BCUT2D eigenvalue weighted by molar-refractivity contribution is 5.58. The van der Waals surface area contributed by atoms with Crippen LogP contribution in [0.25, 0.3) is 0 Å². The Bertz CT molecular complexity index is 402. The Balaban J connectivity index is 3.09. The molecule has 0 spiro atoms. The molecule has 1 heterocycles. The van der Waals surface area contributed by atoms with Crippen LogP contribution in [0.5, 0.6) is 0 Å². The summed E-state index contributed by atoms with van der Waals surface area (Å²) in [5.41, 5.74) is 1.27. The third-order valence-corrected chi connectivity index (χ3v) is 4.08. The molecule has 0 aliphatic rings. The van der Waals surface area contributed by atoms with Crippen molar-refractivity contribution in [2.45, 2.75) is 60.3 Å². The molecule has 0 fully saturated rings. The molecule has 21 heavy (non-hydrogen) atoms. The zero-order valence-corrected chi connectivity index (χ0v) is 14.4. The first-order chi connectivity index (χ1) is 10.2. The second kappa shape index (κ2) is 9.59. The van der Waals surface area contributed by atoms with E-state index in [4.69, 9.17) is 0 Å². The molecule has 0 radical (unpaired) electrons. The van der Waals surface area contributed by atoms with Crippen molar-refractivity contribution in [3.63, 3.8) is 0 Å². The molecule has 0 unspecified atom stereocenters. The van der Waals surface area contributed by atoms with Crippen LogP contribution in [-0.2, 0) is 6.42 Å². The first-order valence-corrected chi connectivity index (χ1v) is 8.54. The fraction of sp³-hybridized carbons (Fsp3) is 0.765. The van der Waals surface area contributed by atoms with E-state index >= 15 is 0 Å². The van der Waals surface area contributed by atoms with Gasteiger partial charge < -0.3 is 10.2 Å². The number of hydrogen-bond donors (Lipinski definition) is 1. The van der Waals surface area contributed by atoms with E-state index < -0.39 is 0 Å². The van der Waals surface area contributed by atoms with E-state index in [1.165, 1.54) is 18.4 Å². The largest absolute Gasteiger partial charge is 0.370 e. The predicted molar refractivity (Wildman–Crippen MR) is 92.1 cm³/mol. The topological polar surface area (TPSA) is 41.1 Å². The van der Waals surface area contributed by atoms with Crippen LogP contribution in [0.1, 0.15) is 59.4 Å². The lowest BCUT2D eigenvalue weighted by Crippen LogP contribution is -2.31. The van der Waals surface area contributed by atoms with Crippen molar-refractivity contribution in [2.75, 3.05) is 29.9 Å². The second-order valence-corrected chi connectivity index (χ2v) is 5.53. The number of nitrogens with zero attached hydrogens (tertiary/aromatic N) is 3. The minimum absolute atomic E-state index is 0.733. The van der Waals surface area contributed by atoms with Crippen molar-refractivity contribution in [1.82, 2.24) is 9.97 Å². The van der Waals surface area contributed by atoms with Crippen molar-refractivity contribution < 1.29 is 0 Å². The summed E-state index contributed by atoms with van der Waals surface area (Å²) in [5, 5.41) is 3.38. The molecule has 120 valence electrons. The van der Waals surface area contributed by atoms with E-state index in [9.17, 15) is 0 Å². The van der Waals surface area contributed by atoms with Crippen LogP contribution in [0.15, 0.2) is 6.33 Å². The molecule has 4 nitrogen and oxygen atoms in total.